The minimum atomic E-state index is 0.156. The van der Waals surface area contributed by atoms with Crippen LogP contribution in [-0.4, -0.2) is 26.2 Å². The molecule has 1 unspecified atom stereocenters. The summed E-state index contributed by atoms with van der Waals surface area (Å²) in [4.78, 5) is 8.49. The first kappa shape index (κ1) is 12.1. The van der Waals surface area contributed by atoms with Crippen LogP contribution in [0.15, 0.2) is 28.8 Å². The van der Waals surface area contributed by atoms with Gasteiger partial charge in [0.1, 0.15) is 11.4 Å². The Labute approximate surface area is 104 Å². The summed E-state index contributed by atoms with van der Waals surface area (Å²) in [7, 11) is 0. The molecule has 90 valence electrons. The van der Waals surface area contributed by atoms with Crippen LogP contribution in [0.1, 0.15) is 18.1 Å². The highest BCUT2D eigenvalue weighted by atomic mass is 32.2. The number of nitrogens with one attached hydrogen (secondary N) is 1. The fraction of sp³-hybridized carbons (Fsp3) is 0.364. The molecule has 17 heavy (non-hydrogen) atoms. The average Bonchev–Trinajstić information content (AvgIpc) is 2.74. The number of aryl methyl sites for hydroxylation is 1. The van der Waals surface area contributed by atoms with Crippen molar-refractivity contribution < 1.29 is 0 Å². The molecule has 1 atom stereocenters. The summed E-state index contributed by atoms with van der Waals surface area (Å²) in [6, 6.07) is 2.28. The normalized spacial score (nSPS) is 12.6. The van der Waals surface area contributed by atoms with Crippen LogP contribution in [0.2, 0.25) is 0 Å². The highest BCUT2D eigenvalue weighted by Gasteiger charge is 2.07. The van der Waals surface area contributed by atoms with Gasteiger partial charge in [0.15, 0.2) is 5.16 Å². The van der Waals surface area contributed by atoms with Gasteiger partial charge in [-0.25, -0.2) is 9.97 Å². The molecule has 5 nitrogen and oxygen atoms in total. The van der Waals surface area contributed by atoms with E-state index in [0.29, 0.717) is 0 Å². The molecule has 2 rings (SSSR count). The highest BCUT2D eigenvalue weighted by molar-refractivity contribution is 7.99. The second-order valence-corrected chi connectivity index (χ2v) is 5.02. The summed E-state index contributed by atoms with van der Waals surface area (Å²) in [6.07, 6.45) is 4.21. The van der Waals surface area contributed by atoms with E-state index in [-0.39, 0.29) is 6.04 Å². The number of pyridine rings is 1. The van der Waals surface area contributed by atoms with Crippen LogP contribution in [0, 0.1) is 6.92 Å². The molecule has 0 aliphatic rings. The summed E-state index contributed by atoms with van der Waals surface area (Å²) in [6.45, 7) is 4.03. The third-order valence-electron chi connectivity index (χ3n) is 2.23. The maximum atomic E-state index is 5.77. The van der Waals surface area contributed by atoms with Gasteiger partial charge in [-0.2, -0.15) is 5.10 Å². The van der Waals surface area contributed by atoms with E-state index in [9.17, 15) is 0 Å². The van der Waals surface area contributed by atoms with Gasteiger partial charge >= 0.3 is 0 Å². The molecule has 0 saturated heterocycles. The molecular formula is C11H15N5S. The van der Waals surface area contributed by atoms with Crippen LogP contribution in [-0.2, 0) is 6.42 Å². The van der Waals surface area contributed by atoms with Gasteiger partial charge in [0.2, 0.25) is 0 Å². The lowest BCUT2D eigenvalue weighted by molar-refractivity contribution is 0.733. The van der Waals surface area contributed by atoms with Gasteiger partial charge in [-0.1, -0.05) is 6.07 Å². The summed E-state index contributed by atoms with van der Waals surface area (Å²) in [5.41, 5.74) is 8.06. The first-order valence-electron chi connectivity index (χ1n) is 5.39. The molecule has 0 saturated carbocycles. The van der Waals surface area contributed by atoms with Crippen molar-refractivity contribution in [2.75, 3.05) is 0 Å². The molecule has 0 aliphatic carbocycles. The minimum absolute atomic E-state index is 0.156. The highest BCUT2D eigenvalue weighted by Crippen LogP contribution is 2.25. The van der Waals surface area contributed by atoms with E-state index in [1.54, 1.807) is 0 Å². The molecule has 0 spiro atoms. The van der Waals surface area contributed by atoms with Crippen molar-refractivity contribution in [3.8, 4) is 0 Å². The van der Waals surface area contributed by atoms with E-state index in [4.69, 9.17) is 5.73 Å². The number of aromatic amines is 1. The predicted molar refractivity (Wildman–Crippen MR) is 66.8 cm³/mol. The first-order chi connectivity index (χ1) is 8.15. The number of hydrogen-bond donors (Lipinski definition) is 2. The van der Waals surface area contributed by atoms with Gasteiger partial charge in [0, 0.05) is 12.2 Å². The SMILES string of the molecule is Cc1cc(CC(C)N)cnc1Sc1ncn[nH]1. The Bertz CT molecular complexity index is 481. The number of nitrogens with zero attached hydrogens (tertiary/aromatic N) is 3. The monoisotopic (exact) mass is 249 g/mol. The first-order valence-corrected chi connectivity index (χ1v) is 6.21. The zero-order valence-corrected chi connectivity index (χ0v) is 10.7. The molecule has 0 amide bonds. The molecule has 0 fully saturated rings. The van der Waals surface area contributed by atoms with Gasteiger partial charge < -0.3 is 5.73 Å². The lowest BCUT2D eigenvalue weighted by Crippen LogP contribution is -2.17. The Morgan fingerprint density at radius 3 is 2.88 bits per heavy atom. The quantitative estimate of drug-likeness (QED) is 0.859. The Hall–Kier alpha value is -1.40. The lowest BCUT2D eigenvalue weighted by Gasteiger charge is -2.08. The van der Waals surface area contributed by atoms with E-state index in [1.807, 2.05) is 20.0 Å². The zero-order chi connectivity index (χ0) is 12.3. The Morgan fingerprint density at radius 1 is 1.47 bits per heavy atom. The van der Waals surface area contributed by atoms with Crippen molar-refractivity contribution in [2.45, 2.75) is 36.5 Å². The second kappa shape index (κ2) is 5.29. The third kappa shape index (κ3) is 3.28. The molecule has 0 bridgehead atoms. The molecule has 2 aromatic heterocycles. The average molecular weight is 249 g/mol. The van der Waals surface area contributed by atoms with Crippen LogP contribution < -0.4 is 5.73 Å². The standard InChI is InChI=1S/C11H15N5S/c1-7-3-9(4-8(2)12)5-13-10(7)17-11-14-6-15-16-11/h3,5-6,8H,4,12H2,1-2H3,(H,14,15,16). The number of aromatic nitrogens is 4. The predicted octanol–water partition coefficient (Wildman–Crippen LogP) is 1.55. The molecular weight excluding hydrogens is 234 g/mol. The van der Waals surface area contributed by atoms with Crippen LogP contribution in [0.5, 0.6) is 0 Å². The van der Waals surface area contributed by atoms with Gasteiger partial charge in [-0.3, -0.25) is 5.10 Å². The van der Waals surface area contributed by atoms with Crippen molar-refractivity contribution >= 4 is 11.8 Å². The number of H-pyrrole nitrogens is 1. The second-order valence-electron chi connectivity index (χ2n) is 4.04. The van der Waals surface area contributed by atoms with Crippen molar-refractivity contribution in [2.24, 2.45) is 5.73 Å². The van der Waals surface area contributed by atoms with E-state index >= 15 is 0 Å². The van der Waals surface area contributed by atoms with Gasteiger partial charge in [-0.15, -0.1) is 0 Å². The van der Waals surface area contributed by atoms with Gasteiger partial charge in [-0.05, 0) is 43.2 Å². The molecule has 6 heteroatoms. The molecule has 0 aromatic carbocycles. The van der Waals surface area contributed by atoms with Crippen LogP contribution in [0.3, 0.4) is 0 Å². The zero-order valence-electron chi connectivity index (χ0n) is 9.84. The smallest absolute Gasteiger partial charge is 0.189 e. The lowest BCUT2D eigenvalue weighted by atomic mass is 10.1. The summed E-state index contributed by atoms with van der Waals surface area (Å²) >= 11 is 1.48. The van der Waals surface area contributed by atoms with Crippen molar-refractivity contribution in [3.05, 3.63) is 29.7 Å². The third-order valence-corrected chi connectivity index (χ3v) is 3.24. The largest absolute Gasteiger partial charge is 0.328 e. The topological polar surface area (TPSA) is 80.5 Å². The van der Waals surface area contributed by atoms with Crippen molar-refractivity contribution in [3.63, 3.8) is 0 Å². The fourth-order valence-corrected chi connectivity index (χ4v) is 2.25. The van der Waals surface area contributed by atoms with Crippen LogP contribution in [0.4, 0.5) is 0 Å². The Kier molecular flexibility index (Phi) is 3.75. The molecule has 0 aliphatic heterocycles. The van der Waals surface area contributed by atoms with Crippen LogP contribution >= 0.6 is 11.8 Å². The Balaban J connectivity index is 2.14. The van der Waals surface area contributed by atoms with Gasteiger partial charge in [0.25, 0.3) is 0 Å². The van der Waals surface area contributed by atoms with E-state index in [0.717, 1.165) is 22.2 Å². The molecule has 2 heterocycles. The molecule has 3 N–H and O–H groups in total. The van der Waals surface area contributed by atoms with E-state index in [2.05, 4.69) is 26.2 Å². The summed E-state index contributed by atoms with van der Waals surface area (Å²) in [5.74, 6) is 0. The number of nitrogens with two attached hydrogens (primary N) is 1. The maximum Gasteiger partial charge on any atom is 0.189 e. The van der Waals surface area contributed by atoms with Crippen LogP contribution in [0.25, 0.3) is 0 Å². The van der Waals surface area contributed by atoms with E-state index < -0.39 is 0 Å². The fourth-order valence-electron chi connectivity index (χ4n) is 1.55. The molecule has 2 aromatic rings. The van der Waals surface area contributed by atoms with Crippen molar-refractivity contribution in [1.29, 1.82) is 0 Å². The van der Waals surface area contributed by atoms with Gasteiger partial charge in [0.05, 0.1) is 0 Å². The molecule has 0 radical (unpaired) electrons. The maximum absolute atomic E-state index is 5.77. The van der Waals surface area contributed by atoms with E-state index in [1.165, 1.54) is 23.7 Å². The minimum Gasteiger partial charge on any atom is -0.328 e. The summed E-state index contributed by atoms with van der Waals surface area (Å²) < 4.78 is 0. The van der Waals surface area contributed by atoms with Crippen molar-refractivity contribution in [1.82, 2.24) is 20.2 Å². The Morgan fingerprint density at radius 2 is 2.29 bits per heavy atom. The number of hydrogen-bond acceptors (Lipinski definition) is 5. The summed E-state index contributed by atoms with van der Waals surface area (Å²) in [5, 5.41) is 8.30. The number of rotatable bonds is 4.